The number of benzene rings is 1. The first-order valence-electron chi connectivity index (χ1n) is 4.42. The maximum absolute atomic E-state index is 13.0. The second-order valence-electron chi connectivity index (χ2n) is 2.87. The summed E-state index contributed by atoms with van der Waals surface area (Å²) in [7, 11) is 0. The van der Waals surface area contributed by atoms with Crippen LogP contribution in [0.5, 0.6) is 0 Å². The minimum atomic E-state index is -0.117. The highest BCUT2D eigenvalue weighted by Crippen LogP contribution is 2.12. The molecule has 0 nitrogen and oxygen atoms in total. The second kappa shape index (κ2) is 4.91. The summed E-state index contributed by atoms with van der Waals surface area (Å²) >= 11 is 0. The van der Waals surface area contributed by atoms with E-state index in [2.05, 4.69) is 6.92 Å². The molecule has 65 valence electrons. The molecule has 0 bridgehead atoms. The summed E-state index contributed by atoms with van der Waals surface area (Å²) in [6.45, 7) is 2.13. The van der Waals surface area contributed by atoms with Crippen molar-refractivity contribution in [2.45, 2.75) is 26.2 Å². The van der Waals surface area contributed by atoms with Crippen LogP contribution in [0.1, 0.15) is 31.7 Å². The van der Waals surface area contributed by atoms with Gasteiger partial charge in [-0.1, -0.05) is 38.0 Å². The Kier molecular flexibility index (Phi) is 3.78. The van der Waals surface area contributed by atoms with E-state index in [1.165, 1.54) is 6.07 Å². The lowest BCUT2D eigenvalue weighted by Gasteiger charge is -2.00. The molecule has 1 heteroatoms. The Morgan fingerprint density at radius 3 is 2.75 bits per heavy atom. The smallest absolute Gasteiger partial charge is 0.126 e. The molecule has 0 heterocycles. The molecule has 0 aliphatic heterocycles. The third kappa shape index (κ3) is 2.65. The van der Waals surface area contributed by atoms with Crippen LogP contribution in [0.15, 0.2) is 24.3 Å². The number of halogens is 1. The van der Waals surface area contributed by atoms with Crippen molar-refractivity contribution in [2.75, 3.05) is 0 Å². The highest BCUT2D eigenvalue weighted by molar-refractivity contribution is 5.24. The van der Waals surface area contributed by atoms with E-state index in [1.54, 1.807) is 6.07 Å². The van der Waals surface area contributed by atoms with E-state index in [0.717, 1.165) is 24.8 Å². The van der Waals surface area contributed by atoms with Gasteiger partial charge in [-0.3, -0.25) is 0 Å². The Morgan fingerprint density at radius 2 is 2.08 bits per heavy atom. The maximum Gasteiger partial charge on any atom is 0.126 e. The molecule has 1 radical (unpaired) electrons. The molecule has 0 spiro atoms. The van der Waals surface area contributed by atoms with Crippen LogP contribution in [-0.4, -0.2) is 0 Å². The summed E-state index contributed by atoms with van der Waals surface area (Å²) in [6, 6.07) is 6.89. The van der Waals surface area contributed by atoms with Gasteiger partial charge in [-0.05, 0) is 24.5 Å². The summed E-state index contributed by atoms with van der Waals surface area (Å²) in [4.78, 5) is 0. The molecule has 0 fully saturated rings. The van der Waals surface area contributed by atoms with E-state index >= 15 is 0 Å². The molecule has 0 aromatic heterocycles. The van der Waals surface area contributed by atoms with Gasteiger partial charge in [-0.25, -0.2) is 4.39 Å². The van der Waals surface area contributed by atoms with E-state index < -0.39 is 0 Å². The molecule has 0 saturated carbocycles. The fraction of sp³-hybridized carbons (Fsp3) is 0.364. The molecule has 1 rings (SSSR count). The van der Waals surface area contributed by atoms with Crippen molar-refractivity contribution < 1.29 is 4.39 Å². The van der Waals surface area contributed by atoms with Crippen molar-refractivity contribution in [1.82, 2.24) is 0 Å². The normalized spacial score (nSPS) is 10.2. The van der Waals surface area contributed by atoms with E-state index in [-0.39, 0.29) is 5.82 Å². The van der Waals surface area contributed by atoms with E-state index in [4.69, 9.17) is 0 Å². The van der Waals surface area contributed by atoms with Gasteiger partial charge in [-0.2, -0.15) is 0 Å². The fourth-order valence-corrected chi connectivity index (χ4v) is 1.10. The lowest BCUT2D eigenvalue weighted by atomic mass is 10.1. The van der Waals surface area contributed by atoms with Gasteiger partial charge in [-0.15, -0.1) is 0 Å². The predicted molar refractivity (Wildman–Crippen MR) is 49.3 cm³/mol. The lowest BCUT2D eigenvalue weighted by molar-refractivity contribution is 0.616. The number of rotatable bonds is 4. The van der Waals surface area contributed by atoms with Gasteiger partial charge in [0.05, 0.1) is 0 Å². The minimum Gasteiger partial charge on any atom is -0.207 e. The van der Waals surface area contributed by atoms with E-state index in [9.17, 15) is 4.39 Å². The Bertz CT molecular complexity index is 230. The summed E-state index contributed by atoms with van der Waals surface area (Å²) < 4.78 is 13.0. The van der Waals surface area contributed by atoms with Gasteiger partial charge in [0.15, 0.2) is 0 Å². The molecule has 12 heavy (non-hydrogen) atoms. The zero-order chi connectivity index (χ0) is 8.81. The van der Waals surface area contributed by atoms with Gasteiger partial charge >= 0.3 is 0 Å². The minimum absolute atomic E-state index is 0.117. The fourth-order valence-electron chi connectivity index (χ4n) is 1.10. The van der Waals surface area contributed by atoms with Gasteiger partial charge < -0.3 is 0 Å². The van der Waals surface area contributed by atoms with Crippen molar-refractivity contribution in [3.8, 4) is 0 Å². The number of hydrogen-bond acceptors (Lipinski definition) is 0. The zero-order valence-corrected chi connectivity index (χ0v) is 7.39. The molecule has 0 N–H and O–H groups in total. The maximum atomic E-state index is 13.0. The standard InChI is InChI=1S/C11H14F/c1-2-3-4-7-10-8-5-6-9-11(10)12/h5-9H,2-4H2,1H3. The van der Waals surface area contributed by atoms with Gasteiger partial charge in [0.25, 0.3) is 0 Å². The Hall–Kier alpha value is -0.850. The predicted octanol–water partition coefficient (Wildman–Crippen LogP) is 3.57. The molecule has 1 aromatic carbocycles. The van der Waals surface area contributed by atoms with Gasteiger partial charge in [0.1, 0.15) is 5.82 Å². The molecular weight excluding hydrogens is 151 g/mol. The van der Waals surface area contributed by atoms with Crippen LogP contribution in [0, 0.1) is 12.2 Å². The molecule has 0 unspecified atom stereocenters. The van der Waals surface area contributed by atoms with Crippen molar-refractivity contribution in [2.24, 2.45) is 0 Å². The first-order chi connectivity index (χ1) is 5.84. The lowest BCUT2D eigenvalue weighted by Crippen LogP contribution is -1.86. The molecule has 0 amide bonds. The van der Waals surface area contributed by atoms with Crippen molar-refractivity contribution in [3.05, 3.63) is 42.1 Å². The topological polar surface area (TPSA) is 0 Å². The molecular formula is C11H14F. The SMILES string of the molecule is CCCC[CH]c1ccccc1F. The number of unbranched alkanes of at least 4 members (excludes halogenated alkanes) is 2. The van der Waals surface area contributed by atoms with Crippen LogP contribution in [0.3, 0.4) is 0 Å². The molecule has 1 aromatic rings. The molecule has 0 aliphatic rings. The quantitative estimate of drug-likeness (QED) is 0.598. The van der Waals surface area contributed by atoms with Crippen LogP contribution in [0.4, 0.5) is 4.39 Å². The van der Waals surface area contributed by atoms with Crippen molar-refractivity contribution in [1.29, 1.82) is 0 Å². The van der Waals surface area contributed by atoms with Gasteiger partial charge in [0, 0.05) is 0 Å². The highest BCUT2D eigenvalue weighted by Gasteiger charge is 1.98. The van der Waals surface area contributed by atoms with Crippen molar-refractivity contribution >= 4 is 0 Å². The molecule has 0 atom stereocenters. The zero-order valence-electron chi connectivity index (χ0n) is 7.39. The average molecular weight is 165 g/mol. The Labute approximate surface area is 73.4 Å². The Morgan fingerprint density at radius 1 is 1.33 bits per heavy atom. The van der Waals surface area contributed by atoms with E-state index in [1.807, 2.05) is 18.6 Å². The third-order valence-electron chi connectivity index (χ3n) is 1.83. The average Bonchev–Trinajstić information content (AvgIpc) is 2.09. The van der Waals surface area contributed by atoms with Crippen LogP contribution in [0.2, 0.25) is 0 Å². The van der Waals surface area contributed by atoms with E-state index in [0.29, 0.717) is 0 Å². The Balaban J connectivity index is 2.46. The number of hydrogen-bond donors (Lipinski definition) is 0. The van der Waals surface area contributed by atoms with Crippen LogP contribution >= 0.6 is 0 Å². The molecule has 0 aliphatic carbocycles. The largest absolute Gasteiger partial charge is 0.207 e. The summed E-state index contributed by atoms with van der Waals surface area (Å²) in [5, 5.41) is 0. The third-order valence-corrected chi connectivity index (χ3v) is 1.83. The summed E-state index contributed by atoms with van der Waals surface area (Å²) in [5.74, 6) is -0.117. The van der Waals surface area contributed by atoms with Crippen LogP contribution < -0.4 is 0 Å². The first kappa shape index (κ1) is 9.24. The first-order valence-corrected chi connectivity index (χ1v) is 4.42. The monoisotopic (exact) mass is 165 g/mol. The summed E-state index contributed by atoms with van der Waals surface area (Å²) in [6.07, 6.45) is 5.22. The molecule has 0 saturated heterocycles. The summed E-state index contributed by atoms with van der Waals surface area (Å²) in [5.41, 5.74) is 0.728. The second-order valence-corrected chi connectivity index (χ2v) is 2.87. The van der Waals surface area contributed by atoms with Gasteiger partial charge in [0.2, 0.25) is 0 Å². The van der Waals surface area contributed by atoms with Crippen LogP contribution in [0.25, 0.3) is 0 Å². The highest BCUT2D eigenvalue weighted by atomic mass is 19.1. The van der Waals surface area contributed by atoms with Crippen LogP contribution in [-0.2, 0) is 0 Å². The van der Waals surface area contributed by atoms with Crippen molar-refractivity contribution in [3.63, 3.8) is 0 Å².